The summed E-state index contributed by atoms with van der Waals surface area (Å²) in [7, 11) is 1.04. The van der Waals surface area contributed by atoms with Crippen LogP contribution in [0.1, 0.15) is 78.1 Å². The van der Waals surface area contributed by atoms with Gasteiger partial charge in [-0.05, 0) is 38.5 Å². The highest BCUT2D eigenvalue weighted by Crippen LogP contribution is 2.36. The standard InChI is InChI=1S/C16H34N2O2Si/c1-5-15(11-7-8-12-15)17-21(19-3,20-4)18-16(6-2)13-9-10-14-16/h17-18H,5-14H2,1-4H3. The fourth-order valence-electron chi connectivity index (χ4n) is 4.25. The molecule has 5 heteroatoms. The summed E-state index contributed by atoms with van der Waals surface area (Å²) in [5.74, 6) is 0. The van der Waals surface area contributed by atoms with Crippen molar-refractivity contribution in [2.75, 3.05) is 14.2 Å². The summed E-state index contributed by atoms with van der Waals surface area (Å²) in [5, 5.41) is 0. The Balaban J connectivity index is 2.15. The summed E-state index contributed by atoms with van der Waals surface area (Å²) in [5.41, 5.74) is 0.414. The molecule has 0 spiro atoms. The first-order chi connectivity index (χ1) is 10.1. The highest BCUT2D eigenvalue weighted by Gasteiger charge is 2.51. The lowest BCUT2D eigenvalue weighted by Crippen LogP contribution is -2.75. The van der Waals surface area contributed by atoms with Gasteiger partial charge in [0, 0.05) is 25.3 Å². The van der Waals surface area contributed by atoms with Gasteiger partial charge >= 0.3 is 8.88 Å². The Kier molecular flexibility index (Phi) is 5.88. The number of nitrogens with one attached hydrogen (secondary N) is 2. The van der Waals surface area contributed by atoms with E-state index in [1.165, 1.54) is 51.4 Å². The largest absolute Gasteiger partial charge is 0.517 e. The van der Waals surface area contributed by atoms with E-state index in [1.807, 2.05) is 0 Å². The SMILES string of the molecule is CCC1(N[Si](NC2(CC)CCCC2)(OC)OC)CCCC1. The van der Waals surface area contributed by atoms with Crippen LogP contribution >= 0.6 is 0 Å². The molecule has 2 fully saturated rings. The maximum absolute atomic E-state index is 5.96. The summed E-state index contributed by atoms with van der Waals surface area (Å²) in [6, 6.07) is 0. The van der Waals surface area contributed by atoms with Gasteiger partial charge < -0.3 is 8.85 Å². The summed E-state index contributed by atoms with van der Waals surface area (Å²) >= 11 is 0. The molecule has 0 unspecified atom stereocenters. The zero-order chi connectivity index (χ0) is 15.4. The zero-order valence-corrected chi connectivity index (χ0v) is 15.4. The molecule has 2 saturated carbocycles. The van der Waals surface area contributed by atoms with Crippen molar-refractivity contribution in [3.8, 4) is 0 Å². The van der Waals surface area contributed by atoms with Crippen molar-refractivity contribution in [1.29, 1.82) is 0 Å². The monoisotopic (exact) mass is 314 g/mol. The number of rotatable bonds is 8. The topological polar surface area (TPSA) is 42.5 Å². The molecule has 0 atom stereocenters. The average molecular weight is 315 g/mol. The second kappa shape index (κ2) is 7.09. The highest BCUT2D eigenvalue weighted by atomic mass is 28.4. The van der Waals surface area contributed by atoms with Gasteiger partial charge in [-0.25, -0.2) is 0 Å². The van der Waals surface area contributed by atoms with E-state index in [1.54, 1.807) is 14.2 Å². The summed E-state index contributed by atoms with van der Waals surface area (Å²) in [6.07, 6.45) is 12.5. The van der Waals surface area contributed by atoms with E-state index in [-0.39, 0.29) is 11.1 Å². The van der Waals surface area contributed by atoms with Crippen molar-refractivity contribution in [2.45, 2.75) is 89.1 Å². The molecular weight excluding hydrogens is 280 g/mol. The van der Waals surface area contributed by atoms with E-state index in [0.29, 0.717) is 0 Å². The van der Waals surface area contributed by atoms with Gasteiger partial charge in [-0.1, -0.05) is 39.5 Å². The van der Waals surface area contributed by atoms with Gasteiger partial charge in [0.25, 0.3) is 0 Å². The van der Waals surface area contributed by atoms with Gasteiger partial charge in [0.15, 0.2) is 0 Å². The van der Waals surface area contributed by atoms with Crippen LogP contribution in [0.15, 0.2) is 0 Å². The number of hydrogen-bond donors (Lipinski definition) is 2. The Labute approximate surface area is 131 Å². The molecule has 21 heavy (non-hydrogen) atoms. The van der Waals surface area contributed by atoms with Crippen LogP contribution in [0, 0.1) is 0 Å². The molecule has 0 aromatic carbocycles. The van der Waals surface area contributed by atoms with Crippen molar-refractivity contribution in [1.82, 2.24) is 9.96 Å². The molecular formula is C16H34N2O2Si. The molecule has 0 aromatic rings. The van der Waals surface area contributed by atoms with Crippen LogP contribution in [0.4, 0.5) is 0 Å². The van der Waals surface area contributed by atoms with Gasteiger partial charge in [0.05, 0.1) is 0 Å². The predicted octanol–water partition coefficient (Wildman–Crippen LogP) is 3.34. The Morgan fingerprint density at radius 3 is 1.33 bits per heavy atom. The Hall–Kier alpha value is 0.0569. The van der Waals surface area contributed by atoms with Crippen LogP contribution in [0.5, 0.6) is 0 Å². The molecule has 0 saturated heterocycles. The average Bonchev–Trinajstić information content (AvgIpc) is 3.17. The molecule has 2 N–H and O–H groups in total. The third-order valence-corrected chi connectivity index (χ3v) is 8.78. The number of hydrogen-bond acceptors (Lipinski definition) is 4. The van der Waals surface area contributed by atoms with Crippen molar-refractivity contribution >= 4 is 8.88 Å². The van der Waals surface area contributed by atoms with Crippen molar-refractivity contribution in [3.63, 3.8) is 0 Å². The lowest BCUT2D eigenvalue weighted by Gasteiger charge is -2.43. The second-order valence-corrected chi connectivity index (χ2v) is 9.51. The lowest BCUT2D eigenvalue weighted by atomic mass is 9.96. The van der Waals surface area contributed by atoms with Crippen LogP contribution in [0.2, 0.25) is 0 Å². The molecule has 0 amide bonds. The van der Waals surface area contributed by atoms with Crippen molar-refractivity contribution in [3.05, 3.63) is 0 Å². The Bertz CT molecular complexity index is 294. The Morgan fingerprint density at radius 1 is 0.762 bits per heavy atom. The smallest absolute Gasteiger partial charge is 0.374 e. The van der Waals surface area contributed by atoms with E-state index in [2.05, 4.69) is 23.8 Å². The normalized spacial score (nSPS) is 24.6. The lowest BCUT2D eigenvalue weighted by molar-refractivity contribution is 0.164. The first-order valence-corrected chi connectivity index (χ1v) is 10.6. The summed E-state index contributed by atoms with van der Waals surface area (Å²) in [6.45, 7) is 4.57. The van der Waals surface area contributed by atoms with Crippen LogP contribution in [0.3, 0.4) is 0 Å². The van der Waals surface area contributed by atoms with Gasteiger partial charge in [-0.2, -0.15) is 0 Å². The van der Waals surface area contributed by atoms with E-state index in [4.69, 9.17) is 8.85 Å². The quantitative estimate of drug-likeness (QED) is 0.674. The third kappa shape index (κ3) is 3.70. The molecule has 2 rings (SSSR count). The van der Waals surface area contributed by atoms with Crippen LogP contribution < -0.4 is 9.96 Å². The second-order valence-electron chi connectivity index (χ2n) is 6.96. The molecule has 0 aromatic heterocycles. The predicted molar refractivity (Wildman–Crippen MR) is 89.0 cm³/mol. The maximum atomic E-state index is 5.96. The van der Waals surface area contributed by atoms with Crippen molar-refractivity contribution in [2.24, 2.45) is 0 Å². The Morgan fingerprint density at radius 2 is 1.10 bits per heavy atom. The van der Waals surface area contributed by atoms with Crippen LogP contribution in [0.25, 0.3) is 0 Å². The fraction of sp³-hybridized carbons (Fsp3) is 1.00. The van der Waals surface area contributed by atoms with E-state index < -0.39 is 8.88 Å². The zero-order valence-electron chi connectivity index (χ0n) is 14.4. The summed E-state index contributed by atoms with van der Waals surface area (Å²) in [4.78, 5) is 7.72. The minimum atomic E-state index is -2.56. The first-order valence-electron chi connectivity index (χ1n) is 8.76. The molecule has 0 heterocycles. The van der Waals surface area contributed by atoms with E-state index in [9.17, 15) is 0 Å². The molecule has 4 nitrogen and oxygen atoms in total. The fourth-order valence-corrected chi connectivity index (χ4v) is 7.14. The molecule has 2 aliphatic rings. The molecule has 124 valence electrons. The van der Waals surface area contributed by atoms with E-state index >= 15 is 0 Å². The van der Waals surface area contributed by atoms with E-state index in [0.717, 1.165) is 12.8 Å². The molecule has 2 aliphatic carbocycles. The van der Waals surface area contributed by atoms with Gasteiger partial charge in [-0.3, -0.25) is 9.96 Å². The maximum Gasteiger partial charge on any atom is 0.517 e. The van der Waals surface area contributed by atoms with Gasteiger partial charge in [-0.15, -0.1) is 0 Å². The van der Waals surface area contributed by atoms with Crippen LogP contribution in [-0.4, -0.2) is 34.2 Å². The van der Waals surface area contributed by atoms with Gasteiger partial charge in [0.1, 0.15) is 0 Å². The third-order valence-electron chi connectivity index (χ3n) is 5.91. The first kappa shape index (κ1) is 17.4. The minimum Gasteiger partial charge on any atom is -0.374 e. The summed E-state index contributed by atoms with van der Waals surface area (Å²) < 4.78 is 11.9. The molecule has 0 bridgehead atoms. The van der Waals surface area contributed by atoms with Crippen LogP contribution in [-0.2, 0) is 8.85 Å². The molecule has 0 aliphatic heterocycles. The van der Waals surface area contributed by atoms with Gasteiger partial charge in [0.2, 0.25) is 0 Å². The minimum absolute atomic E-state index is 0.207. The highest BCUT2D eigenvalue weighted by molar-refractivity contribution is 6.62. The van der Waals surface area contributed by atoms with Crippen molar-refractivity contribution < 1.29 is 8.85 Å². The molecule has 0 radical (unpaired) electrons.